The van der Waals surface area contributed by atoms with Crippen LogP contribution in [0.5, 0.6) is 0 Å². The maximum Gasteiger partial charge on any atom is 0.129 e. The summed E-state index contributed by atoms with van der Waals surface area (Å²) in [5, 5.41) is 3.21. The van der Waals surface area contributed by atoms with E-state index in [1.807, 2.05) is 25.1 Å². The lowest BCUT2D eigenvalue weighted by molar-refractivity contribution is -0.108. The molecule has 0 aromatic heterocycles. The van der Waals surface area contributed by atoms with E-state index in [1.165, 1.54) is 11.1 Å². The van der Waals surface area contributed by atoms with Gasteiger partial charge in [-0.2, -0.15) is 0 Å². The van der Waals surface area contributed by atoms with Crippen molar-refractivity contribution in [2.75, 3.05) is 11.9 Å². The molecule has 0 amide bonds. The Balaban J connectivity index is 2.55. The van der Waals surface area contributed by atoms with Crippen LogP contribution >= 0.6 is 0 Å². The molecule has 0 saturated heterocycles. The van der Waals surface area contributed by atoms with Crippen LogP contribution in [0, 0.1) is 6.92 Å². The molecule has 1 aromatic rings. The van der Waals surface area contributed by atoms with Crippen molar-refractivity contribution >= 4 is 12.0 Å². The normalized spacial score (nSPS) is 19.9. The molecule has 0 bridgehead atoms. The van der Waals surface area contributed by atoms with Crippen molar-refractivity contribution < 1.29 is 4.79 Å². The van der Waals surface area contributed by atoms with Gasteiger partial charge in [0.15, 0.2) is 0 Å². The third-order valence-corrected chi connectivity index (χ3v) is 2.37. The minimum Gasteiger partial charge on any atom is -0.384 e. The van der Waals surface area contributed by atoms with E-state index in [4.69, 9.17) is 0 Å². The minimum atomic E-state index is 0.0567. The lowest BCUT2D eigenvalue weighted by Gasteiger charge is -2.04. The van der Waals surface area contributed by atoms with E-state index in [1.54, 1.807) is 0 Å². The second-order valence-electron chi connectivity index (χ2n) is 3.16. The number of rotatable bonds is 1. The number of benzene rings is 1. The van der Waals surface area contributed by atoms with E-state index < -0.39 is 0 Å². The lowest BCUT2D eigenvalue weighted by Crippen LogP contribution is -2.03. The van der Waals surface area contributed by atoms with Gasteiger partial charge in [0.25, 0.3) is 0 Å². The van der Waals surface area contributed by atoms with E-state index in [2.05, 4.69) is 5.32 Å². The predicted molar refractivity (Wildman–Crippen MR) is 48.5 cm³/mol. The summed E-state index contributed by atoms with van der Waals surface area (Å²) < 4.78 is 0. The van der Waals surface area contributed by atoms with E-state index >= 15 is 0 Å². The minimum absolute atomic E-state index is 0.0567. The summed E-state index contributed by atoms with van der Waals surface area (Å²) in [5.41, 5.74) is 3.49. The molecule has 1 aliphatic heterocycles. The van der Waals surface area contributed by atoms with Gasteiger partial charge in [-0.15, -0.1) is 0 Å². The monoisotopic (exact) mass is 161 g/mol. The van der Waals surface area contributed by atoms with Crippen LogP contribution in [-0.4, -0.2) is 12.8 Å². The van der Waals surface area contributed by atoms with Crippen LogP contribution in [0.25, 0.3) is 0 Å². The van der Waals surface area contributed by atoms with E-state index in [0.29, 0.717) is 0 Å². The van der Waals surface area contributed by atoms with Gasteiger partial charge in [0.1, 0.15) is 6.29 Å². The molecule has 12 heavy (non-hydrogen) atoms. The lowest BCUT2D eigenvalue weighted by atomic mass is 9.98. The molecule has 2 nitrogen and oxygen atoms in total. The summed E-state index contributed by atoms with van der Waals surface area (Å²) in [5.74, 6) is 0.0567. The Morgan fingerprint density at radius 1 is 1.58 bits per heavy atom. The highest BCUT2D eigenvalue weighted by molar-refractivity contribution is 5.74. The molecule has 0 aliphatic carbocycles. The van der Waals surface area contributed by atoms with Gasteiger partial charge in [-0.05, 0) is 24.1 Å². The molecule has 1 N–H and O–H groups in total. The number of hydrogen-bond donors (Lipinski definition) is 1. The van der Waals surface area contributed by atoms with Gasteiger partial charge < -0.3 is 10.1 Å². The van der Waals surface area contributed by atoms with Gasteiger partial charge in [0.2, 0.25) is 0 Å². The third-order valence-electron chi connectivity index (χ3n) is 2.37. The zero-order chi connectivity index (χ0) is 8.55. The molecule has 1 unspecified atom stereocenters. The number of nitrogens with one attached hydrogen (secondary N) is 1. The standard InChI is InChI=1S/C10H11NO/c1-7-3-2-4-9-10(7)8(6-12)5-11-9/h2-4,6,8,11H,5H2,1H3. The Bertz CT molecular complexity index is 320. The Kier molecular flexibility index (Phi) is 1.61. The molecular formula is C10H11NO. The SMILES string of the molecule is Cc1cccc2c1C(C=O)CN2. The maximum absolute atomic E-state index is 10.7. The molecule has 1 atom stereocenters. The average Bonchev–Trinajstić information content (AvgIpc) is 2.49. The molecule has 2 heteroatoms. The predicted octanol–water partition coefficient (Wildman–Crippen LogP) is 1.70. The molecule has 1 aliphatic rings. The van der Waals surface area contributed by atoms with Crippen molar-refractivity contribution in [3.63, 3.8) is 0 Å². The first-order chi connectivity index (χ1) is 5.83. The second kappa shape index (κ2) is 2.63. The van der Waals surface area contributed by atoms with Crippen LogP contribution in [0.1, 0.15) is 17.0 Å². The highest BCUT2D eigenvalue weighted by Gasteiger charge is 2.22. The van der Waals surface area contributed by atoms with Crippen molar-refractivity contribution in [1.82, 2.24) is 0 Å². The van der Waals surface area contributed by atoms with Gasteiger partial charge in [0.05, 0.1) is 5.92 Å². The zero-order valence-corrected chi connectivity index (χ0v) is 7.00. The fourth-order valence-corrected chi connectivity index (χ4v) is 1.77. The second-order valence-corrected chi connectivity index (χ2v) is 3.16. The molecule has 0 fully saturated rings. The Morgan fingerprint density at radius 2 is 2.42 bits per heavy atom. The number of aryl methyl sites for hydroxylation is 1. The molecular weight excluding hydrogens is 150 g/mol. The highest BCUT2D eigenvalue weighted by atomic mass is 16.1. The number of hydrogen-bond acceptors (Lipinski definition) is 2. The summed E-state index contributed by atoms with van der Waals surface area (Å²) in [6.45, 7) is 2.80. The van der Waals surface area contributed by atoms with Crippen molar-refractivity contribution in [3.05, 3.63) is 29.3 Å². The van der Waals surface area contributed by atoms with Crippen molar-refractivity contribution in [2.45, 2.75) is 12.8 Å². The fraction of sp³-hybridized carbons (Fsp3) is 0.300. The van der Waals surface area contributed by atoms with Gasteiger partial charge in [-0.3, -0.25) is 0 Å². The van der Waals surface area contributed by atoms with E-state index in [9.17, 15) is 4.79 Å². The van der Waals surface area contributed by atoms with Crippen LogP contribution < -0.4 is 5.32 Å². The Hall–Kier alpha value is -1.31. The molecule has 2 rings (SSSR count). The largest absolute Gasteiger partial charge is 0.384 e. The summed E-state index contributed by atoms with van der Waals surface area (Å²) in [6, 6.07) is 6.07. The van der Waals surface area contributed by atoms with Crippen LogP contribution in [0.4, 0.5) is 5.69 Å². The number of anilines is 1. The molecule has 1 heterocycles. The van der Waals surface area contributed by atoms with E-state index in [-0.39, 0.29) is 5.92 Å². The summed E-state index contributed by atoms with van der Waals surface area (Å²) in [7, 11) is 0. The number of aldehydes is 1. The van der Waals surface area contributed by atoms with Crippen LogP contribution in [0.3, 0.4) is 0 Å². The zero-order valence-electron chi connectivity index (χ0n) is 7.00. The first kappa shape index (κ1) is 7.35. The first-order valence-electron chi connectivity index (χ1n) is 4.11. The third kappa shape index (κ3) is 0.916. The van der Waals surface area contributed by atoms with Crippen LogP contribution in [0.2, 0.25) is 0 Å². The molecule has 0 saturated carbocycles. The summed E-state index contributed by atoms with van der Waals surface area (Å²) in [4.78, 5) is 10.7. The summed E-state index contributed by atoms with van der Waals surface area (Å²) in [6.07, 6.45) is 1.02. The number of carbonyl (C=O) groups excluding carboxylic acids is 1. The van der Waals surface area contributed by atoms with Crippen molar-refractivity contribution in [1.29, 1.82) is 0 Å². The number of carbonyl (C=O) groups is 1. The topological polar surface area (TPSA) is 29.1 Å². The Labute approximate surface area is 71.6 Å². The highest BCUT2D eigenvalue weighted by Crippen LogP contribution is 2.32. The average molecular weight is 161 g/mol. The fourth-order valence-electron chi connectivity index (χ4n) is 1.77. The molecule has 62 valence electrons. The van der Waals surface area contributed by atoms with Gasteiger partial charge >= 0.3 is 0 Å². The quantitative estimate of drug-likeness (QED) is 0.635. The smallest absolute Gasteiger partial charge is 0.129 e. The number of fused-ring (bicyclic) bond motifs is 1. The van der Waals surface area contributed by atoms with Crippen LogP contribution in [0.15, 0.2) is 18.2 Å². The van der Waals surface area contributed by atoms with E-state index in [0.717, 1.165) is 18.5 Å². The Morgan fingerprint density at radius 3 is 3.17 bits per heavy atom. The van der Waals surface area contributed by atoms with Gasteiger partial charge in [-0.25, -0.2) is 0 Å². The maximum atomic E-state index is 10.7. The first-order valence-corrected chi connectivity index (χ1v) is 4.11. The van der Waals surface area contributed by atoms with Gasteiger partial charge in [0, 0.05) is 12.2 Å². The molecule has 1 aromatic carbocycles. The van der Waals surface area contributed by atoms with Crippen LogP contribution in [-0.2, 0) is 4.79 Å². The van der Waals surface area contributed by atoms with Crippen molar-refractivity contribution in [3.8, 4) is 0 Å². The van der Waals surface area contributed by atoms with Crippen molar-refractivity contribution in [2.24, 2.45) is 0 Å². The molecule has 0 radical (unpaired) electrons. The summed E-state index contributed by atoms with van der Waals surface area (Å²) >= 11 is 0. The molecule has 0 spiro atoms. The van der Waals surface area contributed by atoms with Gasteiger partial charge in [-0.1, -0.05) is 12.1 Å².